The van der Waals surface area contributed by atoms with Crippen molar-refractivity contribution in [3.8, 4) is 0 Å². The minimum Gasteiger partial charge on any atom is -0.480 e. The maximum Gasteiger partial charge on any atom is 0.322 e. The number of halogens is 1. The number of benzene rings is 1. The first-order valence-corrected chi connectivity index (χ1v) is 8.11. The standard InChI is InChI=1S/C10H9FN2O6S2/c11-7-2-1-6(13(16)17)3-9(7)21(18,19)12-5-20-4-8(12)10(14)15/h1-3,8H,4-5H2,(H,14,15)/t8-/m0/s1. The fourth-order valence-corrected chi connectivity index (χ4v) is 5.01. The highest BCUT2D eigenvalue weighted by molar-refractivity contribution is 8.00. The molecule has 0 aliphatic carbocycles. The number of aliphatic carboxylic acids is 1. The normalized spacial score (nSPS) is 19.6. The number of rotatable bonds is 4. The fraction of sp³-hybridized carbons (Fsp3) is 0.300. The molecule has 0 spiro atoms. The van der Waals surface area contributed by atoms with E-state index in [0.717, 1.165) is 17.8 Å². The van der Waals surface area contributed by atoms with Crippen LogP contribution in [0.4, 0.5) is 10.1 Å². The summed E-state index contributed by atoms with van der Waals surface area (Å²) in [6.45, 7) is 0. The molecule has 21 heavy (non-hydrogen) atoms. The molecule has 0 unspecified atom stereocenters. The van der Waals surface area contributed by atoms with Crippen molar-refractivity contribution >= 4 is 33.4 Å². The highest BCUT2D eigenvalue weighted by Crippen LogP contribution is 2.31. The van der Waals surface area contributed by atoms with E-state index in [0.29, 0.717) is 16.4 Å². The number of hydrogen-bond acceptors (Lipinski definition) is 6. The quantitative estimate of drug-likeness (QED) is 0.640. The Bertz CT molecular complexity index is 707. The Labute approximate surface area is 122 Å². The molecule has 1 aliphatic rings. The Morgan fingerprint density at radius 2 is 2.19 bits per heavy atom. The van der Waals surface area contributed by atoms with Gasteiger partial charge >= 0.3 is 5.97 Å². The molecule has 1 fully saturated rings. The number of nitro groups is 1. The van der Waals surface area contributed by atoms with Gasteiger partial charge in [0.05, 0.1) is 10.8 Å². The number of non-ortho nitro benzene ring substituents is 1. The second kappa shape index (κ2) is 5.58. The Kier molecular flexibility index (Phi) is 4.16. The topological polar surface area (TPSA) is 118 Å². The van der Waals surface area contributed by atoms with Crippen LogP contribution >= 0.6 is 11.8 Å². The lowest BCUT2D eigenvalue weighted by atomic mass is 10.3. The van der Waals surface area contributed by atoms with Gasteiger partial charge < -0.3 is 5.11 Å². The van der Waals surface area contributed by atoms with Gasteiger partial charge in [-0.25, -0.2) is 12.8 Å². The van der Waals surface area contributed by atoms with E-state index in [1.807, 2.05) is 0 Å². The summed E-state index contributed by atoms with van der Waals surface area (Å²) in [4.78, 5) is 19.9. The largest absolute Gasteiger partial charge is 0.480 e. The zero-order valence-corrected chi connectivity index (χ0v) is 11.9. The maximum atomic E-state index is 13.7. The number of carboxylic acid groups (broad SMARTS) is 1. The van der Waals surface area contributed by atoms with Crippen molar-refractivity contribution in [2.24, 2.45) is 0 Å². The van der Waals surface area contributed by atoms with E-state index in [4.69, 9.17) is 5.11 Å². The van der Waals surface area contributed by atoms with E-state index in [1.165, 1.54) is 0 Å². The molecule has 8 nitrogen and oxygen atoms in total. The maximum absolute atomic E-state index is 13.7. The lowest BCUT2D eigenvalue weighted by Gasteiger charge is -2.20. The Balaban J connectivity index is 2.51. The number of sulfonamides is 1. The SMILES string of the molecule is O=C(O)[C@@H]1CSCN1S(=O)(=O)c1cc([N+](=O)[O-])ccc1F. The Morgan fingerprint density at radius 3 is 2.76 bits per heavy atom. The number of nitro benzene ring substituents is 1. The van der Waals surface area contributed by atoms with Crippen LogP contribution in [0.25, 0.3) is 0 Å². The van der Waals surface area contributed by atoms with Crippen LogP contribution in [-0.4, -0.2) is 46.4 Å². The molecule has 0 radical (unpaired) electrons. The Morgan fingerprint density at radius 1 is 1.52 bits per heavy atom. The van der Waals surface area contributed by atoms with E-state index < -0.39 is 43.4 Å². The van der Waals surface area contributed by atoms with Crippen LogP contribution in [0.15, 0.2) is 23.1 Å². The van der Waals surface area contributed by atoms with E-state index in [-0.39, 0.29) is 11.6 Å². The van der Waals surface area contributed by atoms with Crippen LogP contribution in [0.3, 0.4) is 0 Å². The van der Waals surface area contributed by atoms with Crippen LogP contribution in [0.5, 0.6) is 0 Å². The van der Waals surface area contributed by atoms with E-state index in [2.05, 4.69) is 0 Å². The summed E-state index contributed by atoms with van der Waals surface area (Å²) in [5, 5.41) is 19.6. The monoisotopic (exact) mass is 336 g/mol. The molecule has 2 rings (SSSR count). The predicted molar refractivity (Wildman–Crippen MR) is 70.8 cm³/mol. The average Bonchev–Trinajstić information content (AvgIpc) is 2.88. The molecule has 1 aromatic carbocycles. The predicted octanol–water partition coefficient (Wildman–Crippen LogP) is 0.882. The first kappa shape index (κ1) is 15.7. The van der Waals surface area contributed by atoms with Gasteiger partial charge in [-0.2, -0.15) is 4.31 Å². The average molecular weight is 336 g/mol. The summed E-state index contributed by atoms with van der Waals surface area (Å²) in [5.74, 6) is -2.64. The summed E-state index contributed by atoms with van der Waals surface area (Å²) in [6.07, 6.45) is 0. The van der Waals surface area contributed by atoms with Crippen molar-refractivity contribution in [1.29, 1.82) is 0 Å². The third-order valence-electron chi connectivity index (χ3n) is 2.84. The molecule has 1 heterocycles. The summed E-state index contributed by atoms with van der Waals surface area (Å²) in [6, 6.07) is 0.775. The molecule has 11 heteroatoms. The molecule has 0 bridgehead atoms. The molecule has 0 saturated carbocycles. The second-order valence-corrected chi connectivity index (χ2v) is 6.98. The van der Waals surface area contributed by atoms with Gasteiger partial charge in [0.25, 0.3) is 5.69 Å². The minimum atomic E-state index is -4.47. The van der Waals surface area contributed by atoms with E-state index in [1.54, 1.807) is 0 Å². The van der Waals surface area contributed by atoms with Crippen molar-refractivity contribution < 1.29 is 27.6 Å². The number of carbonyl (C=O) groups is 1. The van der Waals surface area contributed by atoms with Gasteiger partial charge in [-0.3, -0.25) is 14.9 Å². The second-order valence-electron chi connectivity index (χ2n) is 4.12. The summed E-state index contributed by atoms with van der Waals surface area (Å²) < 4.78 is 39.0. The number of thioether (sulfide) groups is 1. The Hall–Kier alpha value is -1.72. The molecule has 0 amide bonds. The highest BCUT2D eigenvalue weighted by atomic mass is 32.2. The van der Waals surface area contributed by atoms with Gasteiger partial charge in [0, 0.05) is 17.9 Å². The molecule has 1 atom stereocenters. The smallest absolute Gasteiger partial charge is 0.322 e. The van der Waals surface area contributed by atoms with Crippen LogP contribution in [-0.2, 0) is 14.8 Å². The third-order valence-corrected chi connectivity index (χ3v) is 5.88. The van der Waals surface area contributed by atoms with Gasteiger partial charge in [0.2, 0.25) is 10.0 Å². The molecule has 1 saturated heterocycles. The van der Waals surface area contributed by atoms with Gasteiger partial charge in [-0.05, 0) is 6.07 Å². The minimum absolute atomic E-state index is 0.0328. The van der Waals surface area contributed by atoms with Crippen molar-refractivity contribution in [2.75, 3.05) is 11.6 Å². The van der Waals surface area contributed by atoms with Crippen LogP contribution < -0.4 is 0 Å². The van der Waals surface area contributed by atoms with E-state index >= 15 is 0 Å². The lowest BCUT2D eigenvalue weighted by molar-refractivity contribution is -0.385. The summed E-state index contributed by atoms with van der Waals surface area (Å²) >= 11 is 1.07. The first-order chi connectivity index (χ1) is 9.75. The van der Waals surface area contributed by atoms with Crippen LogP contribution in [0.1, 0.15) is 0 Å². The van der Waals surface area contributed by atoms with Gasteiger partial charge in [-0.1, -0.05) is 0 Å². The zero-order chi connectivity index (χ0) is 15.8. The van der Waals surface area contributed by atoms with Crippen molar-refractivity contribution in [1.82, 2.24) is 4.31 Å². The zero-order valence-electron chi connectivity index (χ0n) is 10.3. The molecular formula is C10H9FN2O6S2. The molecule has 1 N–H and O–H groups in total. The molecule has 1 aliphatic heterocycles. The van der Waals surface area contributed by atoms with Crippen LogP contribution in [0.2, 0.25) is 0 Å². The van der Waals surface area contributed by atoms with Crippen molar-refractivity contribution in [2.45, 2.75) is 10.9 Å². The van der Waals surface area contributed by atoms with Crippen LogP contribution in [0, 0.1) is 15.9 Å². The summed E-state index contributed by atoms with van der Waals surface area (Å²) in [7, 11) is -4.47. The van der Waals surface area contributed by atoms with E-state index in [9.17, 15) is 27.7 Å². The molecular weight excluding hydrogens is 327 g/mol. The van der Waals surface area contributed by atoms with Crippen molar-refractivity contribution in [3.05, 3.63) is 34.1 Å². The third kappa shape index (κ3) is 2.84. The van der Waals surface area contributed by atoms with Gasteiger partial charge in [0.1, 0.15) is 16.8 Å². The molecule has 0 aromatic heterocycles. The van der Waals surface area contributed by atoms with Crippen molar-refractivity contribution in [3.63, 3.8) is 0 Å². The molecule has 1 aromatic rings. The van der Waals surface area contributed by atoms with Gasteiger partial charge in [-0.15, -0.1) is 11.8 Å². The highest BCUT2D eigenvalue weighted by Gasteiger charge is 2.41. The number of carboxylic acids is 1. The first-order valence-electron chi connectivity index (χ1n) is 5.51. The summed E-state index contributed by atoms with van der Waals surface area (Å²) in [5.41, 5.74) is -0.589. The molecule has 114 valence electrons. The number of nitrogens with zero attached hydrogens (tertiary/aromatic N) is 2. The fourth-order valence-electron chi connectivity index (χ4n) is 1.79. The number of hydrogen-bond donors (Lipinski definition) is 1. The van der Waals surface area contributed by atoms with Gasteiger partial charge in [0.15, 0.2) is 0 Å². The lowest BCUT2D eigenvalue weighted by Crippen LogP contribution is -2.41.